The molecule has 0 bridgehead atoms. The molecule has 0 radical (unpaired) electrons. The number of sulfonamides is 2. The minimum absolute atomic E-state index is 0.000414. The average molecular weight is 1380 g/mol. The van der Waals surface area contributed by atoms with Gasteiger partial charge in [0.15, 0.2) is 12.1 Å². The number of aryl methyl sites for hydroxylation is 1. The molecule has 37 heteroatoms. The van der Waals surface area contributed by atoms with E-state index in [4.69, 9.17) is 47.6 Å². The number of nitrogens with two attached hydrogens (primary N) is 2. The largest absolute Gasteiger partial charge is 0.491 e. The van der Waals surface area contributed by atoms with E-state index in [0.29, 0.717) is 65.9 Å². The number of fused-ring (bicyclic) bond motifs is 2. The topological polar surface area (TPSA) is 428 Å². The first-order chi connectivity index (χ1) is 44.4. The molecular weight excluding hydrogens is 1320 g/mol. The third-order valence-corrected chi connectivity index (χ3v) is 18.3. The SMILES string of the molecule is COC(=O)[C@H](COCc1cccc(OCCOS(=O)(=O)c2ccc(C)cc2)c1)NC(=O)Cn1cc(COc2ccc3nc(S(N)(=O)=O)sc3c2)nn1.NS(=O)(=O)c1nc2ccc(OCc3cn(CC(=O)N[C@@H](COCc4cccc(OCC[18F])c4)C(=O)O)nn3)cc2s1. The highest BCUT2D eigenvalue weighted by molar-refractivity contribution is 7.91. The number of nitrogens with zero attached hydrogens (tertiary/aromatic N) is 8. The molecule has 0 aliphatic heterocycles. The average Bonchev–Trinajstić information content (AvgIpc) is 1.69. The molecule has 494 valence electrons. The number of primary sulfonamides is 2. The molecule has 0 saturated heterocycles. The Balaban J connectivity index is 0.000000246. The van der Waals surface area contributed by atoms with Crippen molar-refractivity contribution >= 4 is 97.0 Å². The van der Waals surface area contributed by atoms with Gasteiger partial charge in [-0.2, -0.15) is 8.42 Å². The second-order valence-corrected chi connectivity index (χ2v) is 26.7. The number of rotatable bonds is 33. The molecule has 31 nitrogen and oxygen atoms in total. The third kappa shape index (κ3) is 21.4. The predicted octanol–water partition coefficient (Wildman–Crippen LogP) is 3.33. The van der Waals surface area contributed by atoms with Crippen LogP contribution in [-0.4, -0.2) is 153 Å². The van der Waals surface area contributed by atoms with Crippen molar-refractivity contribution in [1.82, 2.24) is 50.6 Å². The van der Waals surface area contributed by atoms with E-state index in [1.807, 2.05) is 6.92 Å². The van der Waals surface area contributed by atoms with E-state index in [1.54, 1.807) is 97.1 Å². The molecule has 9 aromatic rings. The number of hydrogen-bond acceptors (Lipinski definition) is 26. The number of methoxy groups -OCH3 is 1. The zero-order valence-corrected chi connectivity index (χ0v) is 53.2. The van der Waals surface area contributed by atoms with Gasteiger partial charge in [0.1, 0.15) is 87.2 Å². The number of aliphatic carboxylic acids is 1. The number of benzene rings is 5. The molecule has 4 heterocycles. The fourth-order valence-corrected chi connectivity index (χ4v) is 12.3. The van der Waals surface area contributed by atoms with Crippen LogP contribution in [0.1, 0.15) is 28.1 Å². The number of carbonyl (C=O) groups excluding carboxylic acids is 3. The highest BCUT2D eigenvalue weighted by Crippen LogP contribution is 2.30. The van der Waals surface area contributed by atoms with E-state index in [2.05, 4.69) is 41.2 Å². The van der Waals surface area contributed by atoms with E-state index in [9.17, 15) is 53.9 Å². The fraction of sp³-hybridized carbons (Fsp3) is 0.286. The van der Waals surface area contributed by atoms with Crippen LogP contribution in [0.2, 0.25) is 0 Å². The van der Waals surface area contributed by atoms with Gasteiger partial charge in [0.2, 0.25) is 20.5 Å². The summed E-state index contributed by atoms with van der Waals surface area (Å²) in [6, 6.07) is 27.2. The Morgan fingerprint density at radius 2 is 1.08 bits per heavy atom. The number of nitrogens with one attached hydrogen (secondary N) is 2. The lowest BCUT2D eigenvalue weighted by atomic mass is 10.2. The Morgan fingerprint density at radius 3 is 1.55 bits per heavy atom. The number of esters is 1. The van der Waals surface area contributed by atoms with E-state index in [0.717, 1.165) is 28.2 Å². The predicted molar refractivity (Wildman–Crippen MR) is 328 cm³/mol. The first-order valence-electron chi connectivity index (χ1n) is 27.3. The first-order valence-corrected chi connectivity index (χ1v) is 33.4. The highest BCUT2D eigenvalue weighted by Gasteiger charge is 2.25. The van der Waals surface area contributed by atoms with Gasteiger partial charge in [-0.3, -0.25) is 13.8 Å². The second kappa shape index (κ2) is 32.4. The molecule has 0 unspecified atom stereocenters. The molecule has 2 amide bonds. The van der Waals surface area contributed by atoms with Gasteiger partial charge in [0, 0.05) is 0 Å². The Bertz CT molecular complexity index is 4420. The number of ether oxygens (including phenoxy) is 7. The Morgan fingerprint density at radius 1 is 0.602 bits per heavy atom. The van der Waals surface area contributed by atoms with Crippen molar-refractivity contribution in [2.24, 2.45) is 10.3 Å². The molecule has 0 saturated carbocycles. The number of alkyl halides is 1. The van der Waals surface area contributed by atoms with Crippen LogP contribution < -0.4 is 39.9 Å². The molecule has 0 aliphatic rings. The van der Waals surface area contributed by atoms with Gasteiger partial charge < -0.3 is 48.9 Å². The molecular formula is C56H59FN12O19S5. The third-order valence-electron chi connectivity index (χ3n) is 12.3. The van der Waals surface area contributed by atoms with Crippen LogP contribution in [-0.2, 0) is 107 Å². The van der Waals surface area contributed by atoms with Gasteiger partial charge in [-0.25, -0.2) is 60.4 Å². The number of thiazole rings is 2. The van der Waals surface area contributed by atoms with Crippen LogP contribution >= 0.6 is 22.7 Å². The zero-order valence-electron chi connectivity index (χ0n) is 49.1. The van der Waals surface area contributed by atoms with Crippen molar-refractivity contribution in [3.8, 4) is 23.0 Å². The van der Waals surface area contributed by atoms with Gasteiger partial charge in [-0.15, -0.1) is 32.9 Å². The number of halogens is 1. The van der Waals surface area contributed by atoms with Crippen molar-refractivity contribution in [1.29, 1.82) is 0 Å². The number of carboxylic acids is 1. The van der Waals surface area contributed by atoms with Crippen LogP contribution in [0, 0.1) is 6.92 Å². The van der Waals surface area contributed by atoms with Crippen molar-refractivity contribution in [3.05, 3.63) is 150 Å². The molecule has 7 N–H and O–H groups in total. The lowest BCUT2D eigenvalue weighted by Crippen LogP contribution is -2.45. The number of amides is 2. The molecule has 0 aliphatic carbocycles. The highest BCUT2D eigenvalue weighted by atomic mass is 32.3. The summed E-state index contributed by atoms with van der Waals surface area (Å²) in [7, 11) is -10.6. The maximum absolute atomic E-state index is 12.8. The monoisotopic (exact) mass is 1380 g/mol. The van der Waals surface area contributed by atoms with Crippen molar-refractivity contribution in [2.45, 2.75) is 72.1 Å². The van der Waals surface area contributed by atoms with Crippen molar-refractivity contribution in [2.75, 3.05) is 46.8 Å². The Labute approximate surface area is 537 Å². The summed E-state index contributed by atoms with van der Waals surface area (Å²) in [5, 5.41) is 40.4. The maximum atomic E-state index is 12.8. The lowest BCUT2D eigenvalue weighted by molar-refractivity contribution is -0.147. The zero-order chi connectivity index (χ0) is 66.7. The van der Waals surface area contributed by atoms with Crippen LogP contribution in [0.15, 0.2) is 135 Å². The number of carbonyl (C=O) groups is 4. The number of carboxylic acid groups (broad SMARTS) is 1. The van der Waals surface area contributed by atoms with Gasteiger partial charge in [-0.1, -0.05) is 52.4 Å². The molecule has 0 fully saturated rings. The number of hydrogen-bond donors (Lipinski definition) is 5. The maximum Gasteiger partial charge on any atom is 0.330 e. The summed E-state index contributed by atoms with van der Waals surface area (Å²) >= 11 is 1.84. The van der Waals surface area contributed by atoms with Gasteiger partial charge in [-0.05, 0) is 90.8 Å². The van der Waals surface area contributed by atoms with Crippen molar-refractivity contribution < 1.29 is 91.3 Å². The van der Waals surface area contributed by atoms with E-state index >= 15 is 0 Å². The Hall–Kier alpha value is -9.18. The minimum atomic E-state index is -3.93. The van der Waals surface area contributed by atoms with E-state index in [1.165, 1.54) is 41.0 Å². The fourth-order valence-electron chi connectivity index (χ4n) is 8.00. The summed E-state index contributed by atoms with van der Waals surface area (Å²) in [6.45, 7) is -0.00147. The second-order valence-electron chi connectivity index (χ2n) is 19.6. The summed E-state index contributed by atoms with van der Waals surface area (Å²) in [4.78, 5) is 57.3. The molecule has 4 aromatic heterocycles. The smallest absolute Gasteiger partial charge is 0.330 e. The van der Waals surface area contributed by atoms with Gasteiger partial charge in [0.25, 0.3) is 30.2 Å². The molecule has 2 atom stereocenters. The first kappa shape index (κ1) is 69.7. The molecule has 93 heavy (non-hydrogen) atoms. The lowest BCUT2D eigenvalue weighted by Gasteiger charge is -2.17. The summed E-state index contributed by atoms with van der Waals surface area (Å²) in [5.74, 6) is -1.40. The standard InChI is InChI=1S/C32H34N6O11S3.C24H25FN6O8S2/c1-21-6-9-26(10-7-21)52(43,44)49-13-12-47-24-5-3-4-22(14-24)18-46-20-28(31(40)45-2)34-30(39)17-38-16-23(36-37-38)19-48-25-8-11-27-29(15-25)50-32(35-27)51(33,41)42;25-6-7-38-17-3-1-2-15(8-17)12-37-14-20(23(33)34)27-22(32)11-31-10-16(29-30-31)13-39-18-4-5-19-21(9-18)40-24(28-19)41(26,35)36/h3-11,14-16,28H,12-13,17-20H2,1-2H3,(H,34,39)(H2,33,41,42);1-5,8-10,20H,6-7,11-14H2,(H,27,32)(H,33,34)(H2,26,35,36)/t28-;20-/m00/s1/i;25-1. The van der Waals surface area contributed by atoms with Gasteiger partial charge >= 0.3 is 11.9 Å². The quantitative estimate of drug-likeness (QED) is 0.0224. The number of aromatic nitrogens is 8. The van der Waals surface area contributed by atoms with Crippen LogP contribution in [0.5, 0.6) is 23.0 Å². The van der Waals surface area contributed by atoms with E-state index in [-0.39, 0.29) is 86.1 Å². The summed E-state index contributed by atoms with van der Waals surface area (Å²) < 4.78 is 130. The van der Waals surface area contributed by atoms with Crippen LogP contribution in [0.4, 0.5) is 4.39 Å². The van der Waals surface area contributed by atoms with Crippen LogP contribution in [0.25, 0.3) is 20.4 Å². The molecule has 9 rings (SSSR count). The summed E-state index contributed by atoms with van der Waals surface area (Å²) in [5.41, 5.74) is 4.03. The van der Waals surface area contributed by atoms with Crippen LogP contribution in [0.3, 0.4) is 0 Å². The van der Waals surface area contributed by atoms with Gasteiger partial charge in [0.05, 0.1) is 71.3 Å². The van der Waals surface area contributed by atoms with Crippen molar-refractivity contribution in [3.63, 3.8) is 0 Å². The Kier molecular flexibility index (Phi) is 24.3. The normalized spacial score (nSPS) is 12.3. The summed E-state index contributed by atoms with van der Waals surface area (Å²) in [6.07, 6.45) is 2.96. The minimum Gasteiger partial charge on any atom is -0.491 e. The van der Waals surface area contributed by atoms with E-state index < -0.39 is 72.7 Å². The molecule has 5 aromatic carbocycles. The molecule has 0 spiro atoms.